The van der Waals surface area contributed by atoms with E-state index < -0.39 is 54.8 Å². The summed E-state index contributed by atoms with van der Waals surface area (Å²) in [6, 6.07) is 0. The van der Waals surface area contributed by atoms with Gasteiger partial charge in [-0.05, 0) is 103 Å². The maximum atomic E-state index is 13.0. The summed E-state index contributed by atoms with van der Waals surface area (Å²) in [5.74, 6) is -0.382. The molecule has 6 rings (SSSR count). The number of carboxylic acids is 1. The van der Waals surface area contributed by atoms with Crippen LogP contribution in [-0.2, 0) is 14.3 Å². The van der Waals surface area contributed by atoms with E-state index in [1.807, 2.05) is 0 Å². The van der Waals surface area contributed by atoms with E-state index in [0.717, 1.165) is 44.9 Å². The normalized spacial score (nSPS) is 53.6. The highest BCUT2D eigenvalue weighted by Crippen LogP contribution is 2.76. The van der Waals surface area contributed by atoms with Crippen molar-refractivity contribution in [3.05, 3.63) is 11.6 Å². The lowest BCUT2D eigenvalue weighted by Crippen LogP contribution is -2.68. The minimum absolute atomic E-state index is 0.0210. The van der Waals surface area contributed by atoms with E-state index in [-0.39, 0.29) is 39.1 Å². The summed E-state index contributed by atoms with van der Waals surface area (Å²) in [5.41, 5.74) is -0.571. The molecule has 0 bridgehead atoms. The molecule has 256 valence electrons. The number of hydrogen-bond acceptors (Lipinski definition) is 8. The number of carbonyl (C=O) groups is 1. The summed E-state index contributed by atoms with van der Waals surface area (Å²) < 4.78 is 12.2. The Balaban J connectivity index is 1.31. The predicted molar refractivity (Wildman–Crippen MR) is 167 cm³/mol. The lowest BCUT2D eigenvalue weighted by atomic mass is 9.33. The number of hydrogen-bond donors (Lipinski definition) is 6. The van der Waals surface area contributed by atoms with Crippen LogP contribution >= 0.6 is 0 Å². The van der Waals surface area contributed by atoms with Gasteiger partial charge in [-0.15, -0.1) is 0 Å². The number of carboxylic acid groups (broad SMARTS) is 1. The van der Waals surface area contributed by atoms with Crippen molar-refractivity contribution in [2.24, 2.45) is 50.2 Å². The van der Waals surface area contributed by atoms with Crippen LogP contribution in [-0.4, -0.2) is 86.1 Å². The van der Waals surface area contributed by atoms with Gasteiger partial charge in [0.15, 0.2) is 6.29 Å². The van der Waals surface area contributed by atoms with Crippen LogP contribution in [0.2, 0.25) is 0 Å². The zero-order valence-corrected chi connectivity index (χ0v) is 28.3. The van der Waals surface area contributed by atoms with E-state index in [0.29, 0.717) is 24.7 Å². The first-order chi connectivity index (χ1) is 20.8. The van der Waals surface area contributed by atoms with Gasteiger partial charge in [-0.1, -0.05) is 60.1 Å². The van der Waals surface area contributed by atoms with Gasteiger partial charge in [0.25, 0.3) is 0 Å². The van der Waals surface area contributed by atoms with Crippen LogP contribution in [0.15, 0.2) is 11.6 Å². The van der Waals surface area contributed by atoms with E-state index in [4.69, 9.17) is 9.47 Å². The first kappa shape index (κ1) is 33.8. The van der Waals surface area contributed by atoms with Gasteiger partial charge in [0, 0.05) is 0 Å². The Labute approximate surface area is 268 Å². The summed E-state index contributed by atoms with van der Waals surface area (Å²) in [5, 5.41) is 63.5. The van der Waals surface area contributed by atoms with Crippen LogP contribution < -0.4 is 0 Å². The Morgan fingerprint density at radius 3 is 2.22 bits per heavy atom. The fraction of sp³-hybridized carbons (Fsp3) is 0.917. The van der Waals surface area contributed by atoms with Crippen molar-refractivity contribution in [1.29, 1.82) is 0 Å². The van der Waals surface area contributed by atoms with Crippen molar-refractivity contribution in [2.75, 3.05) is 6.61 Å². The second kappa shape index (κ2) is 10.7. The Kier molecular flexibility index (Phi) is 8.05. The third-order valence-corrected chi connectivity index (χ3v) is 15.2. The molecule has 1 saturated heterocycles. The molecule has 5 aliphatic carbocycles. The third kappa shape index (κ3) is 4.54. The quantitative estimate of drug-likeness (QED) is 0.199. The molecule has 0 aromatic rings. The van der Waals surface area contributed by atoms with Crippen molar-refractivity contribution < 1.29 is 44.9 Å². The van der Waals surface area contributed by atoms with Crippen LogP contribution in [0.3, 0.4) is 0 Å². The van der Waals surface area contributed by atoms with Crippen LogP contribution in [0, 0.1) is 50.2 Å². The lowest BCUT2D eigenvalue weighted by molar-refractivity contribution is -0.330. The topological polar surface area (TPSA) is 157 Å². The van der Waals surface area contributed by atoms with Gasteiger partial charge < -0.3 is 40.1 Å². The SMILES string of the molecule is CC1(C)CC[C@]2(C(=O)O)[C@H](O)C[C@]3(C)C(=CC[C@@H]4[C@@]5(C)CC[C@H](O[C@H]6O[C@@H](CO)[C@H](O)[C@@H](O)[C@H]6O)C(C)(C)[C@@H]5CC[C@]43C)[C@H]2C1. The van der Waals surface area contributed by atoms with Crippen molar-refractivity contribution in [3.63, 3.8) is 0 Å². The monoisotopic (exact) mass is 634 g/mol. The molecule has 6 aliphatic rings. The molecule has 9 nitrogen and oxygen atoms in total. The minimum Gasteiger partial charge on any atom is -0.481 e. The van der Waals surface area contributed by atoms with Crippen LogP contribution in [0.4, 0.5) is 0 Å². The molecule has 9 heteroatoms. The van der Waals surface area contributed by atoms with E-state index in [1.54, 1.807) is 0 Å². The highest BCUT2D eigenvalue weighted by atomic mass is 16.7. The summed E-state index contributed by atoms with van der Waals surface area (Å²) in [6.07, 6.45) is 1.79. The number of rotatable bonds is 4. The van der Waals surface area contributed by atoms with Crippen molar-refractivity contribution >= 4 is 5.97 Å². The maximum absolute atomic E-state index is 13.0. The van der Waals surface area contributed by atoms with Gasteiger partial charge in [-0.2, -0.15) is 0 Å². The summed E-state index contributed by atoms with van der Waals surface area (Å²) >= 11 is 0. The van der Waals surface area contributed by atoms with Gasteiger partial charge in [0.2, 0.25) is 0 Å². The Hall–Kier alpha value is -1.07. The Morgan fingerprint density at radius 2 is 1.58 bits per heavy atom. The smallest absolute Gasteiger partial charge is 0.312 e. The molecular formula is C36H58O9. The molecule has 0 unspecified atom stereocenters. The number of ether oxygens (including phenoxy) is 2. The summed E-state index contributed by atoms with van der Waals surface area (Å²) in [7, 11) is 0. The van der Waals surface area contributed by atoms with E-state index >= 15 is 0 Å². The average Bonchev–Trinajstić information content (AvgIpc) is 2.94. The summed E-state index contributed by atoms with van der Waals surface area (Å²) in [6.45, 7) is 15.6. The molecular weight excluding hydrogens is 576 g/mol. The van der Waals surface area contributed by atoms with E-state index in [1.165, 1.54) is 5.57 Å². The molecule has 0 aromatic carbocycles. The van der Waals surface area contributed by atoms with Crippen LogP contribution in [0.1, 0.15) is 106 Å². The number of fused-ring (bicyclic) bond motifs is 7. The Morgan fingerprint density at radius 1 is 0.889 bits per heavy atom. The molecule has 45 heavy (non-hydrogen) atoms. The fourth-order valence-electron chi connectivity index (χ4n) is 12.3. The van der Waals surface area contributed by atoms with E-state index in [9.17, 15) is 35.4 Å². The standard InChI is InChI=1S/C36H58O9/c1-31(2)14-15-36(30(42)43)20(16-31)19-8-9-23-33(5)12-11-25(45-29-28(41)27(40)26(39)21(18-37)44-29)32(3,4)22(33)10-13-34(23,6)35(19,7)17-24(36)38/h8,20-29,37-41H,9-18H2,1-7H3,(H,42,43)/t20-,21+,22+,23-,24-,25+,26+,27-,28-,29-,33+,34-,35-,36-/m1/s1. The zero-order chi connectivity index (χ0) is 33.1. The zero-order valence-electron chi connectivity index (χ0n) is 28.3. The highest BCUT2D eigenvalue weighted by molar-refractivity contribution is 5.77. The second-order valence-corrected chi connectivity index (χ2v) is 18.0. The second-order valence-electron chi connectivity index (χ2n) is 18.0. The van der Waals surface area contributed by atoms with Crippen molar-refractivity contribution in [1.82, 2.24) is 0 Å². The maximum Gasteiger partial charge on any atom is 0.312 e. The number of aliphatic hydroxyl groups is 5. The average molecular weight is 635 g/mol. The van der Waals surface area contributed by atoms with Gasteiger partial charge in [0.1, 0.15) is 29.8 Å². The van der Waals surface area contributed by atoms with Gasteiger partial charge in [0.05, 0.1) is 18.8 Å². The lowest BCUT2D eigenvalue weighted by Gasteiger charge is -2.71. The number of aliphatic hydroxyl groups excluding tert-OH is 5. The molecule has 1 heterocycles. The fourth-order valence-corrected chi connectivity index (χ4v) is 12.3. The molecule has 0 amide bonds. The minimum atomic E-state index is -1.47. The molecule has 0 aromatic heterocycles. The molecule has 4 saturated carbocycles. The van der Waals surface area contributed by atoms with Gasteiger partial charge >= 0.3 is 5.97 Å². The molecule has 1 aliphatic heterocycles. The molecule has 0 radical (unpaired) electrons. The van der Waals surface area contributed by atoms with E-state index in [2.05, 4.69) is 54.5 Å². The van der Waals surface area contributed by atoms with Gasteiger partial charge in [-0.25, -0.2) is 0 Å². The first-order valence-corrected chi connectivity index (χ1v) is 17.4. The molecule has 0 spiro atoms. The largest absolute Gasteiger partial charge is 0.481 e. The number of allylic oxidation sites excluding steroid dienone is 2. The molecule has 5 fully saturated rings. The summed E-state index contributed by atoms with van der Waals surface area (Å²) in [4.78, 5) is 13.0. The Bertz CT molecular complexity index is 1210. The predicted octanol–water partition coefficient (Wildman–Crippen LogP) is 4.03. The third-order valence-electron chi connectivity index (χ3n) is 15.2. The molecule has 6 N–H and O–H groups in total. The van der Waals surface area contributed by atoms with Crippen molar-refractivity contribution in [3.8, 4) is 0 Å². The van der Waals surface area contributed by atoms with Crippen LogP contribution in [0.25, 0.3) is 0 Å². The van der Waals surface area contributed by atoms with Gasteiger partial charge in [-0.3, -0.25) is 4.79 Å². The molecule has 14 atom stereocenters. The number of aliphatic carboxylic acids is 1. The van der Waals surface area contributed by atoms with Crippen LogP contribution in [0.5, 0.6) is 0 Å². The first-order valence-electron chi connectivity index (χ1n) is 17.4. The highest BCUT2D eigenvalue weighted by Gasteiger charge is 2.71. The van der Waals surface area contributed by atoms with Crippen molar-refractivity contribution in [2.45, 2.75) is 149 Å².